The van der Waals surface area contributed by atoms with Crippen LogP contribution in [0.15, 0.2) is 73.3 Å². The number of carbonyl (C=O) groups excluding carboxylic acids is 3. The number of amides is 2. The number of benzene rings is 2. The van der Waals surface area contributed by atoms with Crippen molar-refractivity contribution in [2.75, 3.05) is 11.9 Å². The lowest BCUT2D eigenvalue weighted by atomic mass is 9.94. The van der Waals surface area contributed by atoms with Crippen LogP contribution in [0.25, 0.3) is 10.9 Å². The minimum atomic E-state index is -0.846. The number of anilines is 1. The van der Waals surface area contributed by atoms with Gasteiger partial charge in [0.05, 0.1) is 12.9 Å². The number of esters is 1. The Morgan fingerprint density at radius 1 is 1.05 bits per heavy atom. The van der Waals surface area contributed by atoms with Crippen LogP contribution in [0, 0.1) is 5.41 Å². The Balaban J connectivity index is 1.58. The van der Waals surface area contributed by atoms with E-state index in [0.29, 0.717) is 0 Å². The van der Waals surface area contributed by atoms with Gasteiger partial charge in [-0.05, 0) is 24.1 Å². The summed E-state index contributed by atoms with van der Waals surface area (Å²) in [5.74, 6) is -0.821. The van der Waals surface area contributed by atoms with Gasteiger partial charge in [0.25, 0.3) is 0 Å². The molecule has 2 atom stereocenters. The van der Waals surface area contributed by atoms with Crippen molar-refractivity contribution < 1.29 is 19.1 Å². The summed E-state index contributed by atoms with van der Waals surface area (Å²) in [4.78, 5) is 46.6. The van der Waals surface area contributed by atoms with Crippen LogP contribution in [0.2, 0.25) is 0 Å². The molecule has 0 saturated heterocycles. The molecule has 0 radical (unpaired) electrons. The van der Waals surface area contributed by atoms with E-state index in [1.54, 1.807) is 38.5 Å². The molecule has 3 N–H and O–H groups in total. The van der Waals surface area contributed by atoms with E-state index in [4.69, 9.17) is 4.74 Å². The molecule has 2 aromatic carbocycles. The monoisotopic (exact) mass is 515 g/mol. The first-order valence-corrected chi connectivity index (χ1v) is 12.6. The fraction of sp³-hybridized carbons (Fsp3) is 0.310. The lowest BCUT2D eigenvalue weighted by Crippen LogP contribution is -2.49. The maximum Gasteiger partial charge on any atom is 0.333 e. The van der Waals surface area contributed by atoms with E-state index in [1.807, 2.05) is 60.8 Å². The standard InChI is InChI=1S/C29H33N5O4/c1-5-38-27(36)25(19-11-7-6-8-12-19)34-17-24(31-18-34)33-26(35)23(32-28(37)29(2,3)4)15-20-16-30-22-14-10-9-13-21(20)22/h6-14,16-18,23,25,30H,5,15H2,1-4H3,(H,32,37)(H,33,35). The number of H-pyrrole nitrogens is 1. The van der Waals surface area contributed by atoms with Gasteiger partial charge in [-0.25, -0.2) is 9.78 Å². The third-order valence-corrected chi connectivity index (χ3v) is 6.18. The molecular formula is C29H33N5O4. The molecule has 0 aliphatic rings. The van der Waals surface area contributed by atoms with Gasteiger partial charge in [0.15, 0.2) is 11.9 Å². The van der Waals surface area contributed by atoms with Crippen LogP contribution < -0.4 is 10.6 Å². The predicted molar refractivity (Wildman–Crippen MR) is 145 cm³/mol. The Labute approximate surface area is 221 Å². The maximum absolute atomic E-state index is 13.4. The predicted octanol–water partition coefficient (Wildman–Crippen LogP) is 4.23. The van der Waals surface area contributed by atoms with E-state index >= 15 is 0 Å². The summed E-state index contributed by atoms with van der Waals surface area (Å²) in [6.45, 7) is 7.37. The van der Waals surface area contributed by atoms with E-state index in [2.05, 4.69) is 20.6 Å². The number of hydrogen-bond donors (Lipinski definition) is 3. The highest BCUT2D eigenvalue weighted by molar-refractivity contribution is 5.98. The van der Waals surface area contributed by atoms with Crippen molar-refractivity contribution in [3.05, 3.63) is 84.4 Å². The van der Waals surface area contributed by atoms with E-state index in [9.17, 15) is 14.4 Å². The minimum Gasteiger partial charge on any atom is -0.464 e. The van der Waals surface area contributed by atoms with E-state index in [-0.39, 0.29) is 24.8 Å². The number of rotatable bonds is 9. The van der Waals surface area contributed by atoms with Crippen LogP contribution in [0.3, 0.4) is 0 Å². The smallest absolute Gasteiger partial charge is 0.333 e. The van der Waals surface area contributed by atoms with Crippen molar-refractivity contribution in [2.24, 2.45) is 5.41 Å². The van der Waals surface area contributed by atoms with Crippen molar-refractivity contribution >= 4 is 34.5 Å². The Bertz CT molecular complexity index is 1420. The summed E-state index contributed by atoms with van der Waals surface area (Å²) in [7, 11) is 0. The number of aromatic nitrogens is 3. The zero-order valence-electron chi connectivity index (χ0n) is 22.0. The molecule has 4 rings (SSSR count). The number of para-hydroxylation sites is 1. The molecule has 9 heteroatoms. The molecule has 0 aliphatic carbocycles. The van der Waals surface area contributed by atoms with Gasteiger partial charge < -0.3 is 24.9 Å². The average molecular weight is 516 g/mol. The molecule has 0 spiro atoms. The van der Waals surface area contributed by atoms with Crippen LogP contribution in [0.1, 0.15) is 44.9 Å². The molecule has 2 amide bonds. The normalized spacial score (nSPS) is 13.1. The number of imidazole rings is 1. The fourth-order valence-corrected chi connectivity index (χ4v) is 4.15. The first-order chi connectivity index (χ1) is 18.2. The summed E-state index contributed by atoms with van der Waals surface area (Å²) in [6.07, 6.45) is 5.20. The number of fused-ring (bicyclic) bond motifs is 1. The molecule has 38 heavy (non-hydrogen) atoms. The Kier molecular flexibility index (Phi) is 7.95. The SMILES string of the molecule is CCOC(=O)C(c1ccccc1)n1cnc(NC(=O)C(Cc2c[nH]c3ccccc23)NC(=O)C(C)(C)C)c1. The zero-order valence-corrected chi connectivity index (χ0v) is 22.0. The van der Waals surface area contributed by atoms with Gasteiger partial charge in [-0.3, -0.25) is 9.59 Å². The first kappa shape index (κ1) is 26.7. The molecule has 0 bridgehead atoms. The van der Waals surface area contributed by atoms with Crippen molar-refractivity contribution in [1.82, 2.24) is 19.9 Å². The van der Waals surface area contributed by atoms with Gasteiger partial charge in [-0.2, -0.15) is 0 Å². The summed E-state index contributed by atoms with van der Waals surface area (Å²) in [6, 6.07) is 15.4. The Hall–Kier alpha value is -4.40. The molecule has 2 heterocycles. The van der Waals surface area contributed by atoms with Gasteiger partial charge in [-0.1, -0.05) is 69.3 Å². The number of carbonyl (C=O) groups is 3. The highest BCUT2D eigenvalue weighted by Crippen LogP contribution is 2.23. The second-order valence-electron chi connectivity index (χ2n) is 10.1. The molecule has 2 unspecified atom stereocenters. The van der Waals surface area contributed by atoms with Gasteiger partial charge in [0.1, 0.15) is 6.04 Å². The quantitative estimate of drug-likeness (QED) is 0.288. The topological polar surface area (TPSA) is 118 Å². The van der Waals surface area contributed by atoms with Crippen molar-refractivity contribution in [1.29, 1.82) is 0 Å². The number of nitrogens with zero attached hydrogens (tertiary/aromatic N) is 2. The summed E-state index contributed by atoms with van der Waals surface area (Å²) in [5, 5.41) is 6.69. The average Bonchev–Trinajstić information content (AvgIpc) is 3.51. The van der Waals surface area contributed by atoms with Crippen molar-refractivity contribution in [2.45, 2.75) is 46.2 Å². The highest BCUT2D eigenvalue weighted by atomic mass is 16.5. The van der Waals surface area contributed by atoms with Crippen molar-refractivity contribution in [3.8, 4) is 0 Å². The summed E-state index contributed by atoms with van der Waals surface area (Å²) < 4.78 is 6.89. The number of nitrogens with one attached hydrogen (secondary N) is 3. The molecule has 2 aromatic heterocycles. The van der Waals surface area contributed by atoms with Gasteiger partial charge in [-0.15, -0.1) is 0 Å². The van der Waals surface area contributed by atoms with Crippen LogP contribution in [0.4, 0.5) is 5.82 Å². The van der Waals surface area contributed by atoms with Gasteiger partial charge in [0.2, 0.25) is 11.8 Å². The number of ether oxygens (including phenoxy) is 1. The second-order valence-corrected chi connectivity index (χ2v) is 10.1. The third-order valence-electron chi connectivity index (χ3n) is 6.18. The number of aromatic amines is 1. The molecule has 4 aromatic rings. The van der Waals surface area contributed by atoms with Crippen LogP contribution in [-0.2, 0) is 25.5 Å². The number of hydrogen-bond acceptors (Lipinski definition) is 5. The molecule has 198 valence electrons. The van der Waals surface area contributed by atoms with Crippen LogP contribution in [0.5, 0.6) is 0 Å². The second kappa shape index (κ2) is 11.3. The zero-order chi connectivity index (χ0) is 27.3. The third kappa shape index (κ3) is 6.11. The van der Waals surface area contributed by atoms with Crippen LogP contribution in [-0.4, -0.2) is 45.0 Å². The summed E-state index contributed by atoms with van der Waals surface area (Å²) in [5.41, 5.74) is 1.92. The minimum absolute atomic E-state index is 0.240. The Morgan fingerprint density at radius 3 is 2.47 bits per heavy atom. The fourth-order valence-electron chi connectivity index (χ4n) is 4.15. The van der Waals surface area contributed by atoms with Gasteiger partial charge in [0, 0.05) is 35.1 Å². The molecule has 0 fully saturated rings. The summed E-state index contributed by atoms with van der Waals surface area (Å²) >= 11 is 0. The van der Waals surface area contributed by atoms with Crippen molar-refractivity contribution in [3.63, 3.8) is 0 Å². The van der Waals surface area contributed by atoms with Gasteiger partial charge >= 0.3 is 5.97 Å². The molecule has 9 nitrogen and oxygen atoms in total. The molecule has 0 aliphatic heterocycles. The van der Waals surface area contributed by atoms with E-state index in [0.717, 1.165) is 22.0 Å². The van der Waals surface area contributed by atoms with E-state index < -0.39 is 29.4 Å². The first-order valence-electron chi connectivity index (χ1n) is 12.6. The maximum atomic E-state index is 13.4. The lowest BCUT2D eigenvalue weighted by Gasteiger charge is -2.23. The lowest BCUT2D eigenvalue weighted by molar-refractivity contribution is -0.145. The molecular weight excluding hydrogens is 482 g/mol. The van der Waals surface area contributed by atoms with Crippen LogP contribution >= 0.6 is 0 Å². The highest BCUT2D eigenvalue weighted by Gasteiger charge is 2.29. The molecule has 0 saturated carbocycles. The van der Waals surface area contributed by atoms with E-state index in [1.165, 1.54) is 6.33 Å². The largest absolute Gasteiger partial charge is 0.464 e. The Morgan fingerprint density at radius 2 is 1.76 bits per heavy atom.